The van der Waals surface area contributed by atoms with Gasteiger partial charge < -0.3 is 15.2 Å². The van der Waals surface area contributed by atoms with Crippen molar-refractivity contribution in [1.29, 1.82) is 0 Å². The second-order valence-corrected chi connectivity index (χ2v) is 5.46. The predicted molar refractivity (Wildman–Crippen MR) is 73.4 cm³/mol. The smallest absolute Gasteiger partial charge is 0.313 e. The molecule has 2 N–H and O–H groups in total. The molecule has 1 fully saturated rings. The van der Waals surface area contributed by atoms with Gasteiger partial charge in [0, 0.05) is 0 Å². The number of benzene rings is 1. The molecule has 2 rings (SSSR count). The lowest BCUT2D eigenvalue weighted by atomic mass is 9.85. The summed E-state index contributed by atoms with van der Waals surface area (Å²) in [6.07, 6.45) is 0.249. The number of ether oxygens (including phenoxy) is 1. The van der Waals surface area contributed by atoms with E-state index in [0.717, 1.165) is 11.1 Å². The zero-order valence-corrected chi connectivity index (χ0v) is 11.7. The first kappa shape index (κ1) is 14.5. The van der Waals surface area contributed by atoms with Crippen LogP contribution in [0.3, 0.4) is 0 Å². The Morgan fingerprint density at radius 1 is 1.45 bits per heavy atom. The van der Waals surface area contributed by atoms with E-state index in [1.54, 1.807) is 6.92 Å². The molecule has 5 nitrogen and oxygen atoms in total. The second-order valence-electron chi connectivity index (χ2n) is 5.46. The van der Waals surface area contributed by atoms with E-state index < -0.39 is 17.4 Å². The molecule has 2 unspecified atom stereocenters. The summed E-state index contributed by atoms with van der Waals surface area (Å²) in [4.78, 5) is 23.4. The van der Waals surface area contributed by atoms with Crippen molar-refractivity contribution in [2.75, 3.05) is 13.2 Å². The van der Waals surface area contributed by atoms with Crippen LogP contribution in [0.4, 0.5) is 0 Å². The highest BCUT2D eigenvalue weighted by atomic mass is 16.5. The van der Waals surface area contributed by atoms with Gasteiger partial charge in [0.2, 0.25) is 5.91 Å². The maximum atomic E-state index is 12.1. The zero-order valence-electron chi connectivity index (χ0n) is 11.7. The Hall–Kier alpha value is -1.88. The summed E-state index contributed by atoms with van der Waals surface area (Å²) in [5, 5.41) is 12.0. The number of aryl methyl sites for hydroxylation is 1. The van der Waals surface area contributed by atoms with E-state index in [1.165, 1.54) is 0 Å². The summed E-state index contributed by atoms with van der Waals surface area (Å²) in [6, 6.07) is 7.16. The summed E-state index contributed by atoms with van der Waals surface area (Å²) >= 11 is 0. The molecule has 0 aliphatic carbocycles. The van der Waals surface area contributed by atoms with Crippen molar-refractivity contribution in [1.82, 2.24) is 5.32 Å². The maximum absolute atomic E-state index is 12.1. The minimum absolute atomic E-state index is 0.123. The van der Waals surface area contributed by atoms with Crippen LogP contribution in [-0.2, 0) is 20.7 Å². The number of nitrogens with one attached hydrogen (secondary N) is 1. The highest BCUT2D eigenvalue weighted by Gasteiger charge is 2.47. The lowest BCUT2D eigenvalue weighted by Crippen LogP contribution is -2.50. The van der Waals surface area contributed by atoms with Crippen LogP contribution in [0, 0.1) is 12.3 Å². The number of carbonyl (C=O) groups is 2. The number of hydrogen-bond donors (Lipinski definition) is 2. The number of hydrogen-bond acceptors (Lipinski definition) is 3. The van der Waals surface area contributed by atoms with Gasteiger partial charge in [0.1, 0.15) is 5.41 Å². The molecule has 0 saturated carbocycles. The third-order valence-corrected chi connectivity index (χ3v) is 3.89. The average molecular weight is 277 g/mol. The number of amides is 1. The first-order valence-corrected chi connectivity index (χ1v) is 6.58. The van der Waals surface area contributed by atoms with E-state index in [2.05, 4.69) is 5.32 Å². The molecule has 0 bridgehead atoms. The van der Waals surface area contributed by atoms with Gasteiger partial charge in [-0.15, -0.1) is 0 Å². The number of aliphatic carboxylic acids is 1. The van der Waals surface area contributed by atoms with Crippen LogP contribution in [0.25, 0.3) is 0 Å². The Balaban J connectivity index is 2.02. The van der Waals surface area contributed by atoms with Gasteiger partial charge in [-0.3, -0.25) is 9.59 Å². The molecule has 5 heteroatoms. The molecular weight excluding hydrogens is 258 g/mol. The Kier molecular flexibility index (Phi) is 4.09. The lowest BCUT2D eigenvalue weighted by molar-refractivity contribution is -0.149. The zero-order chi connectivity index (χ0) is 14.8. The molecule has 1 amide bonds. The van der Waals surface area contributed by atoms with Crippen molar-refractivity contribution < 1.29 is 19.4 Å². The molecule has 0 aromatic heterocycles. The van der Waals surface area contributed by atoms with Gasteiger partial charge in [-0.1, -0.05) is 24.3 Å². The highest BCUT2D eigenvalue weighted by Crippen LogP contribution is 2.28. The summed E-state index contributed by atoms with van der Waals surface area (Å²) in [7, 11) is 0. The van der Waals surface area contributed by atoms with E-state index >= 15 is 0 Å². The van der Waals surface area contributed by atoms with Gasteiger partial charge in [-0.2, -0.15) is 0 Å². The average Bonchev–Trinajstić information content (AvgIpc) is 2.75. The van der Waals surface area contributed by atoms with Gasteiger partial charge in [0.25, 0.3) is 0 Å². The van der Waals surface area contributed by atoms with Crippen molar-refractivity contribution in [3.8, 4) is 0 Å². The topological polar surface area (TPSA) is 75.6 Å². The number of carboxylic acids is 1. The van der Waals surface area contributed by atoms with Gasteiger partial charge in [0.05, 0.1) is 25.7 Å². The van der Waals surface area contributed by atoms with E-state index in [-0.39, 0.29) is 25.5 Å². The van der Waals surface area contributed by atoms with Crippen LogP contribution < -0.4 is 5.32 Å². The quantitative estimate of drug-likeness (QED) is 0.865. The van der Waals surface area contributed by atoms with Crippen molar-refractivity contribution in [3.05, 3.63) is 35.4 Å². The van der Waals surface area contributed by atoms with Crippen molar-refractivity contribution in [2.45, 2.75) is 26.3 Å². The lowest BCUT2D eigenvalue weighted by Gasteiger charge is -2.25. The van der Waals surface area contributed by atoms with Crippen molar-refractivity contribution in [2.24, 2.45) is 5.41 Å². The fourth-order valence-corrected chi connectivity index (χ4v) is 2.31. The molecule has 1 aromatic carbocycles. The fraction of sp³-hybridized carbons (Fsp3) is 0.467. The van der Waals surface area contributed by atoms with Crippen LogP contribution >= 0.6 is 0 Å². The molecule has 0 radical (unpaired) electrons. The third-order valence-electron chi connectivity index (χ3n) is 3.89. The molecule has 2 atom stereocenters. The molecule has 108 valence electrons. The van der Waals surface area contributed by atoms with E-state index in [0.29, 0.717) is 0 Å². The standard InChI is InChI=1S/C15H19NO4/c1-10-5-3-4-6-11(10)7-13(17)16-12-8-20-9-15(12,2)14(18)19/h3-6,12H,7-9H2,1-2H3,(H,16,17)(H,18,19). The van der Waals surface area contributed by atoms with Gasteiger partial charge in [-0.05, 0) is 25.0 Å². The van der Waals surface area contributed by atoms with Crippen LogP contribution in [0.5, 0.6) is 0 Å². The van der Waals surface area contributed by atoms with E-state index in [4.69, 9.17) is 4.74 Å². The van der Waals surface area contributed by atoms with Crippen LogP contribution in [0.15, 0.2) is 24.3 Å². The largest absolute Gasteiger partial charge is 0.481 e. The van der Waals surface area contributed by atoms with Gasteiger partial charge in [0.15, 0.2) is 0 Å². The highest BCUT2D eigenvalue weighted by molar-refractivity contribution is 5.82. The first-order valence-electron chi connectivity index (χ1n) is 6.58. The van der Waals surface area contributed by atoms with Crippen LogP contribution in [0.2, 0.25) is 0 Å². The van der Waals surface area contributed by atoms with E-state index in [9.17, 15) is 14.7 Å². The number of rotatable bonds is 4. The number of carboxylic acid groups (broad SMARTS) is 1. The molecule has 0 spiro atoms. The maximum Gasteiger partial charge on any atom is 0.313 e. The van der Waals surface area contributed by atoms with E-state index in [1.807, 2.05) is 31.2 Å². The SMILES string of the molecule is Cc1ccccc1CC(=O)NC1COCC1(C)C(=O)O. The summed E-state index contributed by atoms with van der Waals surface area (Å²) in [5.41, 5.74) is 0.939. The molecule has 1 saturated heterocycles. The Morgan fingerprint density at radius 2 is 2.15 bits per heavy atom. The minimum Gasteiger partial charge on any atom is -0.481 e. The first-order chi connectivity index (χ1) is 9.43. The molecular formula is C15H19NO4. The van der Waals surface area contributed by atoms with Crippen molar-refractivity contribution in [3.63, 3.8) is 0 Å². The Bertz CT molecular complexity index is 528. The van der Waals surface area contributed by atoms with Crippen LogP contribution in [0.1, 0.15) is 18.1 Å². The Labute approximate surface area is 117 Å². The summed E-state index contributed by atoms with van der Waals surface area (Å²) in [6.45, 7) is 3.91. The van der Waals surface area contributed by atoms with Gasteiger partial charge >= 0.3 is 5.97 Å². The fourth-order valence-electron chi connectivity index (χ4n) is 2.31. The molecule has 1 aliphatic heterocycles. The Morgan fingerprint density at radius 3 is 2.80 bits per heavy atom. The monoisotopic (exact) mass is 277 g/mol. The third kappa shape index (κ3) is 2.82. The second kappa shape index (κ2) is 5.63. The number of carbonyl (C=O) groups excluding carboxylic acids is 1. The minimum atomic E-state index is -1.05. The molecule has 1 aliphatic rings. The molecule has 20 heavy (non-hydrogen) atoms. The summed E-state index contributed by atoms with van der Waals surface area (Å²) < 4.78 is 5.21. The van der Waals surface area contributed by atoms with Gasteiger partial charge in [-0.25, -0.2) is 0 Å². The summed E-state index contributed by atoms with van der Waals surface area (Å²) in [5.74, 6) is -1.13. The normalized spacial score (nSPS) is 25.4. The molecule has 1 aromatic rings. The van der Waals surface area contributed by atoms with Crippen LogP contribution in [-0.4, -0.2) is 36.2 Å². The predicted octanol–water partition coefficient (Wildman–Crippen LogP) is 1.14. The molecule has 1 heterocycles. The van der Waals surface area contributed by atoms with Crippen molar-refractivity contribution >= 4 is 11.9 Å².